The number of nitrogens with two attached hydrogens (primary N) is 1. The molecular formula is C11H14N2O2. The predicted molar refractivity (Wildman–Crippen MR) is 58.7 cm³/mol. The fraction of sp³-hybridized carbons (Fsp3) is 0.273. The lowest BCUT2D eigenvalue weighted by molar-refractivity contribution is -0.116. The summed E-state index contributed by atoms with van der Waals surface area (Å²) in [5, 5.41) is 2.68. The average molecular weight is 206 g/mol. The van der Waals surface area contributed by atoms with Gasteiger partial charge in [0.25, 0.3) is 0 Å². The van der Waals surface area contributed by atoms with Gasteiger partial charge in [-0.1, -0.05) is 0 Å². The van der Waals surface area contributed by atoms with Crippen LogP contribution < -0.4 is 11.1 Å². The van der Waals surface area contributed by atoms with E-state index in [1.165, 1.54) is 6.92 Å². The highest BCUT2D eigenvalue weighted by molar-refractivity contribution is 5.95. The van der Waals surface area contributed by atoms with E-state index in [0.29, 0.717) is 24.2 Å². The second-order valence-corrected chi connectivity index (χ2v) is 3.22. The first-order valence-corrected chi connectivity index (χ1v) is 4.74. The monoisotopic (exact) mass is 206 g/mol. The van der Waals surface area contributed by atoms with Crippen molar-refractivity contribution in [2.24, 2.45) is 5.73 Å². The Bertz CT molecular complexity index is 357. The highest BCUT2D eigenvalue weighted by Crippen LogP contribution is 2.10. The number of anilines is 1. The lowest BCUT2D eigenvalue weighted by atomic mass is 10.1. The molecule has 0 atom stereocenters. The van der Waals surface area contributed by atoms with Gasteiger partial charge in [0.2, 0.25) is 5.91 Å². The van der Waals surface area contributed by atoms with Crippen LogP contribution in [0.5, 0.6) is 0 Å². The number of nitrogens with one attached hydrogen (secondary N) is 1. The zero-order chi connectivity index (χ0) is 11.3. The number of carbonyl (C=O) groups is 2. The van der Waals surface area contributed by atoms with Gasteiger partial charge in [0.1, 0.15) is 0 Å². The van der Waals surface area contributed by atoms with Gasteiger partial charge in [-0.15, -0.1) is 0 Å². The summed E-state index contributed by atoms with van der Waals surface area (Å²) in [6, 6.07) is 6.76. The SMILES string of the molecule is CC(=O)c1ccc(NC(=O)CCN)cc1. The molecule has 0 unspecified atom stereocenters. The Morgan fingerprint density at radius 3 is 2.33 bits per heavy atom. The molecule has 0 aliphatic rings. The standard InChI is InChI=1S/C11H14N2O2/c1-8(14)9-2-4-10(5-3-9)13-11(15)6-7-12/h2-5H,6-7,12H2,1H3,(H,13,15). The molecule has 3 N–H and O–H groups in total. The summed E-state index contributed by atoms with van der Waals surface area (Å²) in [4.78, 5) is 22.2. The molecule has 1 amide bonds. The van der Waals surface area contributed by atoms with Crippen LogP contribution in [0.4, 0.5) is 5.69 Å². The number of carbonyl (C=O) groups excluding carboxylic acids is 2. The van der Waals surface area contributed by atoms with E-state index in [4.69, 9.17) is 5.73 Å². The second kappa shape index (κ2) is 5.26. The lowest BCUT2D eigenvalue weighted by Crippen LogP contribution is -2.16. The van der Waals surface area contributed by atoms with E-state index in [9.17, 15) is 9.59 Å². The fourth-order valence-electron chi connectivity index (χ4n) is 1.14. The van der Waals surface area contributed by atoms with Crippen molar-refractivity contribution in [3.63, 3.8) is 0 Å². The van der Waals surface area contributed by atoms with E-state index in [0.717, 1.165) is 0 Å². The van der Waals surface area contributed by atoms with Crippen LogP contribution in [0.1, 0.15) is 23.7 Å². The Labute approximate surface area is 88.5 Å². The minimum Gasteiger partial charge on any atom is -0.330 e. The summed E-state index contributed by atoms with van der Waals surface area (Å²) < 4.78 is 0. The molecule has 1 aromatic rings. The van der Waals surface area contributed by atoms with Crippen molar-refractivity contribution in [3.05, 3.63) is 29.8 Å². The molecule has 0 aromatic heterocycles. The van der Waals surface area contributed by atoms with Crippen LogP contribution in [0.2, 0.25) is 0 Å². The molecule has 0 saturated heterocycles. The predicted octanol–water partition coefficient (Wildman–Crippen LogP) is 1.18. The third kappa shape index (κ3) is 3.52. The van der Waals surface area contributed by atoms with Crippen molar-refractivity contribution in [3.8, 4) is 0 Å². The number of hydrogen-bond acceptors (Lipinski definition) is 3. The average Bonchev–Trinajstić information content (AvgIpc) is 2.18. The molecule has 15 heavy (non-hydrogen) atoms. The summed E-state index contributed by atoms with van der Waals surface area (Å²) in [5.41, 5.74) is 6.55. The highest BCUT2D eigenvalue weighted by atomic mass is 16.1. The molecule has 4 nitrogen and oxygen atoms in total. The molecule has 0 fully saturated rings. The van der Waals surface area contributed by atoms with Crippen LogP contribution in [-0.2, 0) is 4.79 Å². The Hall–Kier alpha value is -1.68. The molecule has 1 rings (SSSR count). The quantitative estimate of drug-likeness (QED) is 0.726. The Morgan fingerprint density at radius 1 is 1.27 bits per heavy atom. The van der Waals surface area contributed by atoms with Gasteiger partial charge >= 0.3 is 0 Å². The third-order valence-corrected chi connectivity index (χ3v) is 1.95. The van der Waals surface area contributed by atoms with E-state index in [2.05, 4.69) is 5.32 Å². The third-order valence-electron chi connectivity index (χ3n) is 1.95. The van der Waals surface area contributed by atoms with Crippen LogP contribution in [0.15, 0.2) is 24.3 Å². The van der Waals surface area contributed by atoms with Crippen LogP contribution >= 0.6 is 0 Å². The molecule has 1 aromatic carbocycles. The van der Waals surface area contributed by atoms with Crippen molar-refractivity contribution in [1.82, 2.24) is 0 Å². The molecule has 0 saturated carbocycles. The maximum Gasteiger partial charge on any atom is 0.225 e. The maximum absolute atomic E-state index is 11.2. The normalized spacial score (nSPS) is 9.73. The van der Waals surface area contributed by atoms with Crippen LogP contribution in [0, 0.1) is 0 Å². The van der Waals surface area contributed by atoms with E-state index in [1.807, 2.05) is 0 Å². The van der Waals surface area contributed by atoms with E-state index >= 15 is 0 Å². The Morgan fingerprint density at radius 2 is 1.87 bits per heavy atom. The smallest absolute Gasteiger partial charge is 0.225 e. The van der Waals surface area contributed by atoms with Crippen LogP contribution in [0.3, 0.4) is 0 Å². The van der Waals surface area contributed by atoms with Gasteiger partial charge in [0.15, 0.2) is 5.78 Å². The molecule has 0 spiro atoms. The number of ketones is 1. The summed E-state index contributed by atoms with van der Waals surface area (Å²) in [7, 11) is 0. The fourth-order valence-corrected chi connectivity index (χ4v) is 1.14. The van der Waals surface area contributed by atoms with Gasteiger partial charge in [-0.25, -0.2) is 0 Å². The Balaban J connectivity index is 2.64. The molecule has 0 radical (unpaired) electrons. The van der Waals surface area contributed by atoms with Crippen molar-refractivity contribution < 1.29 is 9.59 Å². The topological polar surface area (TPSA) is 72.2 Å². The number of benzene rings is 1. The first-order valence-electron chi connectivity index (χ1n) is 4.74. The number of Topliss-reactive ketones (excluding diaryl/α,β-unsaturated/α-hetero) is 1. The van der Waals surface area contributed by atoms with Crippen molar-refractivity contribution in [2.45, 2.75) is 13.3 Å². The largest absolute Gasteiger partial charge is 0.330 e. The molecule has 4 heteroatoms. The molecular weight excluding hydrogens is 192 g/mol. The van der Waals surface area contributed by atoms with Crippen molar-refractivity contribution in [2.75, 3.05) is 11.9 Å². The Kier molecular flexibility index (Phi) is 4.00. The summed E-state index contributed by atoms with van der Waals surface area (Å²) >= 11 is 0. The van der Waals surface area contributed by atoms with Gasteiger partial charge in [-0.2, -0.15) is 0 Å². The molecule has 0 bridgehead atoms. The molecule has 80 valence electrons. The zero-order valence-corrected chi connectivity index (χ0v) is 8.62. The van der Waals surface area contributed by atoms with Crippen LogP contribution in [0.25, 0.3) is 0 Å². The summed E-state index contributed by atoms with van der Waals surface area (Å²) in [5.74, 6) is -0.108. The maximum atomic E-state index is 11.2. The lowest BCUT2D eigenvalue weighted by Gasteiger charge is -2.04. The first kappa shape index (κ1) is 11.4. The van der Waals surface area contributed by atoms with E-state index in [-0.39, 0.29) is 11.7 Å². The van der Waals surface area contributed by atoms with Crippen molar-refractivity contribution >= 4 is 17.4 Å². The summed E-state index contributed by atoms with van der Waals surface area (Å²) in [6.45, 7) is 1.83. The first-order chi connectivity index (χ1) is 7.13. The van der Waals surface area contributed by atoms with E-state index in [1.54, 1.807) is 24.3 Å². The van der Waals surface area contributed by atoms with Gasteiger partial charge in [-0.3, -0.25) is 9.59 Å². The van der Waals surface area contributed by atoms with Gasteiger partial charge in [0, 0.05) is 24.2 Å². The minimum absolute atomic E-state index is 0.00911. The van der Waals surface area contributed by atoms with E-state index < -0.39 is 0 Å². The van der Waals surface area contributed by atoms with Crippen molar-refractivity contribution in [1.29, 1.82) is 0 Å². The molecule has 0 heterocycles. The van der Waals surface area contributed by atoms with Gasteiger partial charge < -0.3 is 11.1 Å². The molecule has 0 aliphatic carbocycles. The second-order valence-electron chi connectivity index (χ2n) is 3.22. The number of rotatable bonds is 4. The minimum atomic E-state index is -0.118. The highest BCUT2D eigenvalue weighted by Gasteiger charge is 2.02. The van der Waals surface area contributed by atoms with Crippen LogP contribution in [-0.4, -0.2) is 18.2 Å². The number of amides is 1. The van der Waals surface area contributed by atoms with Gasteiger partial charge in [0.05, 0.1) is 0 Å². The summed E-state index contributed by atoms with van der Waals surface area (Å²) in [6.07, 6.45) is 0.300. The zero-order valence-electron chi connectivity index (χ0n) is 8.62. The molecule has 0 aliphatic heterocycles. The number of hydrogen-bond donors (Lipinski definition) is 2. The van der Waals surface area contributed by atoms with Gasteiger partial charge in [-0.05, 0) is 31.2 Å².